The topological polar surface area (TPSA) is 75.6 Å². The molecule has 0 aromatic heterocycles. The van der Waals surface area contributed by atoms with Crippen LogP contribution in [0.3, 0.4) is 0 Å². The average molecular weight is 582 g/mol. The number of halogens is 6. The second-order valence-corrected chi connectivity index (χ2v) is 9.94. The first kappa shape index (κ1) is 31.5. The standard InChI is InChI=1S/C30H29F6NO4/c1-18(2)14-26(23-12-11-21(29(31,32)33)16-25(23)30(34,35)36)37-28(40)24-15-19(8-9-20(24)10-13-27(38)39)17-41-22-6-4-3-5-7-22/h3-9,11-12,15-16,18,26H,10,13-14,17H2,1-2H3,(H,37,40)(H,38,39). The zero-order chi connectivity index (χ0) is 30.4. The number of alkyl halides is 6. The van der Waals surface area contributed by atoms with Crippen molar-refractivity contribution in [3.8, 4) is 5.75 Å². The Balaban J connectivity index is 2.00. The van der Waals surface area contributed by atoms with Gasteiger partial charge in [0.15, 0.2) is 0 Å². The Morgan fingerprint density at radius 1 is 0.902 bits per heavy atom. The van der Waals surface area contributed by atoms with Crippen molar-refractivity contribution in [2.24, 2.45) is 5.92 Å². The summed E-state index contributed by atoms with van der Waals surface area (Å²) < 4.78 is 87.2. The van der Waals surface area contributed by atoms with Gasteiger partial charge in [-0.25, -0.2) is 0 Å². The van der Waals surface area contributed by atoms with Gasteiger partial charge in [-0.05, 0) is 65.8 Å². The number of ether oxygens (including phenoxy) is 1. The van der Waals surface area contributed by atoms with E-state index in [1.54, 1.807) is 56.3 Å². The van der Waals surface area contributed by atoms with E-state index in [-0.39, 0.29) is 43.4 Å². The minimum absolute atomic E-state index is 0.00144. The fourth-order valence-electron chi connectivity index (χ4n) is 4.32. The zero-order valence-corrected chi connectivity index (χ0v) is 22.3. The number of carboxylic acids is 1. The summed E-state index contributed by atoms with van der Waals surface area (Å²) in [6.45, 7) is 3.46. The van der Waals surface area contributed by atoms with Gasteiger partial charge in [0.25, 0.3) is 5.91 Å². The molecule has 1 unspecified atom stereocenters. The quantitative estimate of drug-likeness (QED) is 0.226. The normalized spacial score (nSPS) is 12.7. The van der Waals surface area contributed by atoms with Crippen LogP contribution in [0.5, 0.6) is 5.75 Å². The maximum Gasteiger partial charge on any atom is 0.416 e. The predicted octanol–water partition coefficient (Wildman–Crippen LogP) is 7.84. The van der Waals surface area contributed by atoms with Crippen LogP contribution < -0.4 is 10.1 Å². The van der Waals surface area contributed by atoms with E-state index in [2.05, 4.69) is 5.32 Å². The fraction of sp³-hybridized carbons (Fsp3) is 0.333. The van der Waals surface area contributed by atoms with Crippen LogP contribution in [0.2, 0.25) is 0 Å². The Labute approximate surface area is 233 Å². The number of nitrogens with one attached hydrogen (secondary N) is 1. The van der Waals surface area contributed by atoms with E-state index in [4.69, 9.17) is 9.84 Å². The first-order chi connectivity index (χ1) is 19.1. The number of para-hydroxylation sites is 1. The lowest BCUT2D eigenvalue weighted by molar-refractivity contribution is -0.143. The molecule has 0 fully saturated rings. The van der Waals surface area contributed by atoms with Gasteiger partial charge in [0.2, 0.25) is 0 Å². The van der Waals surface area contributed by atoms with Crippen LogP contribution in [0.1, 0.15) is 70.9 Å². The lowest BCUT2D eigenvalue weighted by atomic mass is 9.91. The van der Waals surface area contributed by atoms with Crippen molar-refractivity contribution in [1.82, 2.24) is 5.32 Å². The SMILES string of the molecule is CC(C)CC(NC(=O)c1cc(COc2ccccc2)ccc1CCC(=O)O)c1ccc(C(F)(F)F)cc1C(F)(F)F. The molecule has 0 spiro atoms. The highest BCUT2D eigenvalue weighted by molar-refractivity contribution is 5.96. The Morgan fingerprint density at radius 3 is 2.17 bits per heavy atom. The van der Waals surface area contributed by atoms with Crippen LogP contribution in [0.15, 0.2) is 66.7 Å². The average Bonchev–Trinajstić information content (AvgIpc) is 2.89. The van der Waals surface area contributed by atoms with E-state index in [0.717, 1.165) is 6.07 Å². The second-order valence-electron chi connectivity index (χ2n) is 9.94. The number of carboxylic acid groups (broad SMARTS) is 1. The molecule has 0 aliphatic heterocycles. The van der Waals surface area contributed by atoms with Gasteiger partial charge in [-0.15, -0.1) is 0 Å². The summed E-state index contributed by atoms with van der Waals surface area (Å²) in [5.41, 5.74) is -2.51. The van der Waals surface area contributed by atoms with E-state index >= 15 is 0 Å². The van der Waals surface area contributed by atoms with Gasteiger partial charge >= 0.3 is 18.3 Å². The van der Waals surface area contributed by atoms with Crippen LogP contribution >= 0.6 is 0 Å². The van der Waals surface area contributed by atoms with Crippen molar-refractivity contribution in [1.29, 1.82) is 0 Å². The first-order valence-corrected chi connectivity index (χ1v) is 12.8. The molecule has 220 valence electrons. The number of aliphatic carboxylic acids is 1. The highest BCUT2D eigenvalue weighted by Crippen LogP contribution is 2.40. The Kier molecular flexibility index (Phi) is 10.1. The van der Waals surface area contributed by atoms with E-state index in [0.29, 0.717) is 22.9 Å². The molecule has 0 radical (unpaired) electrons. The van der Waals surface area contributed by atoms with E-state index in [9.17, 15) is 35.9 Å². The number of amides is 1. The largest absolute Gasteiger partial charge is 0.489 e. The van der Waals surface area contributed by atoms with Crippen molar-refractivity contribution >= 4 is 11.9 Å². The summed E-state index contributed by atoms with van der Waals surface area (Å²) in [6.07, 6.45) is -10.4. The van der Waals surface area contributed by atoms with Crippen molar-refractivity contribution < 1.29 is 45.8 Å². The van der Waals surface area contributed by atoms with Gasteiger partial charge in [-0.2, -0.15) is 26.3 Å². The van der Waals surface area contributed by atoms with Gasteiger partial charge in [-0.3, -0.25) is 9.59 Å². The van der Waals surface area contributed by atoms with Gasteiger partial charge < -0.3 is 15.2 Å². The molecule has 3 rings (SSSR count). The van der Waals surface area contributed by atoms with E-state index < -0.39 is 47.0 Å². The molecule has 3 aromatic rings. The summed E-state index contributed by atoms with van der Waals surface area (Å²) in [5, 5.41) is 11.7. The monoisotopic (exact) mass is 581 g/mol. The predicted molar refractivity (Wildman–Crippen MR) is 139 cm³/mol. The van der Waals surface area contributed by atoms with Gasteiger partial charge in [-0.1, -0.05) is 50.2 Å². The van der Waals surface area contributed by atoms with Gasteiger partial charge in [0.1, 0.15) is 12.4 Å². The maximum atomic E-state index is 13.9. The fourth-order valence-corrected chi connectivity index (χ4v) is 4.32. The number of carbonyl (C=O) groups excluding carboxylic acids is 1. The molecule has 0 heterocycles. The third-order valence-corrected chi connectivity index (χ3v) is 6.25. The third kappa shape index (κ3) is 8.99. The van der Waals surface area contributed by atoms with Crippen LogP contribution in [0.4, 0.5) is 26.3 Å². The molecule has 0 bridgehead atoms. The summed E-state index contributed by atoms with van der Waals surface area (Å²) in [6, 6.07) is 13.6. The number of hydrogen-bond donors (Lipinski definition) is 2. The summed E-state index contributed by atoms with van der Waals surface area (Å²) in [7, 11) is 0. The van der Waals surface area contributed by atoms with Gasteiger partial charge in [0, 0.05) is 12.0 Å². The Morgan fingerprint density at radius 2 is 1.59 bits per heavy atom. The van der Waals surface area contributed by atoms with Crippen molar-refractivity contribution in [2.45, 2.75) is 58.1 Å². The molecule has 0 saturated heterocycles. The zero-order valence-electron chi connectivity index (χ0n) is 22.3. The molecule has 5 nitrogen and oxygen atoms in total. The molecule has 41 heavy (non-hydrogen) atoms. The number of benzene rings is 3. The summed E-state index contributed by atoms with van der Waals surface area (Å²) in [4.78, 5) is 24.7. The van der Waals surface area contributed by atoms with Crippen LogP contribution in [0.25, 0.3) is 0 Å². The molecule has 0 saturated carbocycles. The van der Waals surface area contributed by atoms with Crippen molar-refractivity contribution in [3.63, 3.8) is 0 Å². The first-order valence-electron chi connectivity index (χ1n) is 12.8. The molecule has 1 amide bonds. The second kappa shape index (κ2) is 13.1. The molecule has 3 aromatic carbocycles. The summed E-state index contributed by atoms with van der Waals surface area (Å²) >= 11 is 0. The van der Waals surface area contributed by atoms with Crippen molar-refractivity contribution in [2.75, 3.05) is 0 Å². The van der Waals surface area contributed by atoms with Crippen LogP contribution in [0, 0.1) is 5.92 Å². The van der Waals surface area contributed by atoms with Crippen LogP contribution in [-0.2, 0) is 30.2 Å². The highest BCUT2D eigenvalue weighted by Gasteiger charge is 2.40. The molecule has 0 aliphatic carbocycles. The maximum absolute atomic E-state index is 13.9. The minimum atomic E-state index is -5.11. The van der Waals surface area contributed by atoms with Crippen LogP contribution in [-0.4, -0.2) is 17.0 Å². The lowest BCUT2D eigenvalue weighted by Crippen LogP contribution is -2.32. The molecule has 11 heteroatoms. The Bertz CT molecular complexity index is 1350. The smallest absolute Gasteiger partial charge is 0.416 e. The minimum Gasteiger partial charge on any atom is -0.489 e. The third-order valence-electron chi connectivity index (χ3n) is 6.25. The number of rotatable bonds is 11. The van der Waals surface area contributed by atoms with E-state index in [1.807, 2.05) is 0 Å². The Hall–Kier alpha value is -4.02. The highest BCUT2D eigenvalue weighted by atomic mass is 19.4. The lowest BCUT2D eigenvalue weighted by Gasteiger charge is -2.26. The molecular weight excluding hydrogens is 552 g/mol. The molecule has 2 N–H and O–H groups in total. The number of carbonyl (C=O) groups is 2. The molecule has 1 atom stereocenters. The molecule has 0 aliphatic rings. The summed E-state index contributed by atoms with van der Waals surface area (Å²) in [5.74, 6) is -1.57. The van der Waals surface area contributed by atoms with E-state index in [1.165, 1.54) is 6.07 Å². The number of hydrogen-bond acceptors (Lipinski definition) is 3. The van der Waals surface area contributed by atoms with Gasteiger partial charge in [0.05, 0.1) is 17.2 Å². The number of aryl methyl sites for hydroxylation is 1. The molecular formula is C30H29F6NO4. The van der Waals surface area contributed by atoms with Crippen molar-refractivity contribution in [3.05, 3.63) is 100 Å².